The summed E-state index contributed by atoms with van der Waals surface area (Å²) in [6.45, 7) is 9.67. The van der Waals surface area contributed by atoms with Crippen LogP contribution in [-0.4, -0.2) is 18.8 Å². The highest BCUT2D eigenvalue weighted by atomic mass is 16.5. The van der Waals surface area contributed by atoms with Crippen molar-refractivity contribution in [3.63, 3.8) is 0 Å². The Morgan fingerprint density at radius 1 is 1.16 bits per heavy atom. The molecule has 0 saturated heterocycles. The molecule has 0 spiro atoms. The predicted octanol–water partition coefficient (Wildman–Crippen LogP) is 3.68. The van der Waals surface area contributed by atoms with E-state index >= 15 is 0 Å². The second-order valence-corrected chi connectivity index (χ2v) is 5.45. The number of ether oxygens (including phenoxy) is 2. The van der Waals surface area contributed by atoms with Gasteiger partial charge in [-0.3, -0.25) is 0 Å². The van der Waals surface area contributed by atoms with Crippen molar-refractivity contribution in [3.05, 3.63) is 29.8 Å². The van der Waals surface area contributed by atoms with Gasteiger partial charge in [-0.1, -0.05) is 26.0 Å². The Labute approximate surface area is 117 Å². The van der Waals surface area contributed by atoms with Crippen molar-refractivity contribution in [2.75, 3.05) is 13.2 Å². The van der Waals surface area contributed by atoms with Gasteiger partial charge in [-0.05, 0) is 44.4 Å². The van der Waals surface area contributed by atoms with Crippen LogP contribution in [0.15, 0.2) is 24.3 Å². The third-order valence-corrected chi connectivity index (χ3v) is 3.29. The minimum Gasteiger partial charge on any atom is -0.494 e. The van der Waals surface area contributed by atoms with Crippen molar-refractivity contribution >= 4 is 0 Å². The Bertz CT molecular complexity index is 360. The molecule has 1 unspecified atom stereocenters. The number of benzene rings is 1. The SMILES string of the molecule is CCCOc1ccc(C(N)COC(C)(C)CC)cc1. The van der Waals surface area contributed by atoms with Gasteiger partial charge in [-0.2, -0.15) is 0 Å². The maximum absolute atomic E-state index is 6.14. The Balaban J connectivity index is 2.50. The average Bonchev–Trinajstić information content (AvgIpc) is 2.43. The minimum absolute atomic E-state index is 0.0916. The van der Waals surface area contributed by atoms with Gasteiger partial charge >= 0.3 is 0 Å². The zero-order valence-corrected chi connectivity index (χ0v) is 12.6. The van der Waals surface area contributed by atoms with Crippen molar-refractivity contribution in [2.45, 2.75) is 52.2 Å². The van der Waals surface area contributed by atoms with Gasteiger partial charge in [0.25, 0.3) is 0 Å². The van der Waals surface area contributed by atoms with Crippen LogP contribution in [0.1, 0.15) is 52.1 Å². The van der Waals surface area contributed by atoms with Crippen molar-refractivity contribution in [1.29, 1.82) is 0 Å². The number of hydrogen-bond donors (Lipinski definition) is 1. The minimum atomic E-state index is -0.109. The first-order valence-electron chi connectivity index (χ1n) is 7.10. The molecule has 0 radical (unpaired) electrons. The zero-order valence-electron chi connectivity index (χ0n) is 12.6. The second-order valence-electron chi connectivity index (χ2n) is 5.45. The van der Waals surface area contributed by atoms with Crippen LogP contribution in [0.25, 0.3) is 0 Å². The van der Waals surface area contributed by atoms with Crippen LogP contribution in [0, 0.1) is 0 Å². The van der Waals surface area contributed by atoms with Gasteiger partial charge in [-0.25, -0.2) is 0 Å². The van der Waals surface area contributed by atoms with E-state index in [0.29, 0.717) is 6.61 Å². The molecule has 1 atom stereocenters. The molecule has 0 bridgehead atoms. The number of rotatable bonds is 8. The summed E-state index contributed by atoms with van der Waals surface area (Å²) in [5.74, 6) is 0.896. The summed E-state index contributed by atoms with van der Waals surface area (Å²) in [6.07, 6.45) is 1.99. The van der Waals surface area contributed by atoms with Crippen molar-refractivity contribution < 1.29 is 9.47 Å². The quantitative estimate of drug-likeness (QED) is 0.779. The van der Waals surface area contributed by atoms with E-state index < -0.39 is 0 Å². The van der Waals surface area contributed by atoms with Crippen molar-refractivity contribution in [2.24, 2.45) is 5.73 Å². The van der Waals surface area contributed by atoms with E-state index in [9.17, 15) is 0 Å². The molecular formula is C16H27NO2. The van der Waals surface area contributed by atoms with E-state index in [1.54, 1.807) is 0 Å². The molecule has 1 rings (SSSR count). The van der Waals surface area contributed by atoms with E-state index in [-0.39, 0.29) is 11.6 Å². The van der Waals surface area contributed by atoms with Crippen LogP contribution in [0.5, 0.6) is 5.75 Å². The largest absolute Gasteiger partial charge is 0.494 e. The highest BCUT2D eigenvalue weighted by Crippen LogP contribution is 2.20. The number of hydrogen-bond acceptors (Lipinski definition) is 3. The Morgan fingerprint density at radius 2 is 1.79 bits per heavy atom. The lowest BCUT2D eigenvalue weighted by atomic mass is 10.1. The third kappa shape index (κ3) is 5.62. The molecule has 2 N–H and O–H groups in total. The molecule has 108 valence electrons. The van der Waals surface area contributed by atoms with Gasteiger partial charge in [0.15, 0.2) is 0 Å². The van der Waals surface area contributed by atoms with Crippen LogP contribution in [0.4, 0.5) is 0 Å². The molecule has 0 fully saturated rings. The Kier molecular flexibility index (Phi) is 6.32. The van der Waals surface area contributed by atoms with Gasteiger partial charge in [-0.15, -0.1) is 0 Å². The van der Waals surface area contributed by atoms with Crippen molar-refractivity contribution in [3.8, 4) is 5.75 Å². The van der Waals surface area contributed by atoms with E-state index in [1.165, 1.54) is 0 Å². The summed E-state index contributed by atoms with van der Waals surface area (Å²) in [6, 6.07) is 7.87. The molecule has 1 aromatic rings. The topological polar surface area (TPSA) is 44.5 Å². The molecule has 0 heterocycles. The summed E-state index contributed by atoms with van der Waals surface area (Å²) in [7, 11) is 0. The van der Waals surface area contributed by atoms with Gasteiger partial charge in [0.1, 0.15) is 5.75 Å². The molecule has 0 amide bonds. The molecule has 0 aliphatic heterocycles. The first-order valence-corrected chi connectivity index (χ1v) is 7.10. The summed E-state index contributed by atoms with van der Waals surface area (Å²) < 4.78 is 11.4. The molecule has 0 aliphatic rings. The van der Waals surface area contributed by atoms with Gasteiger partial charge in [0.2, 0.25) is 0 Å². The zero-order chi connectivity index (χ0) is 14.3. The van der Waals surface area contributed by atoms with Gasteiger partial charge in [0.05, 0.1) is 24.9 Å². The molecule has 1 aromatic carbocycles. The molecular weight excluding hydrogens is 238 g/mol. The highest BCUT2D eigenvalue weighted by molar-refractivity contribution is 5.29. The molecule has 3 heteroatoms. The van der Waals surface area contributed by atoms with E-state index in [4.69, 9.17) is 15.2 Å². The van der Waals surface area contributed by atoms with Crippen LogP contribution in [0.3, 0.4) is 0 Å². The van der Waals surface area contributed by atoms with Crippen LogP contribution in [0.2, 0.25) is 0 Å². The molecule has 3 nitrogen and oxygen atoms in total. The summed E-state index contributed by atoms with van der Waals surface area (Å²) >= 11 is 0. The summed E-state index contributed by atoms with van der Waals surface area (Å²) in [5.41, 5.74) is 7.11. The van der Waals surface area contributed by atoms with Gasteiger partial charge < -0.3 is 15.2 Å². The fraction of sp³-hybridized carbons (Fsp3) is 0.625. The van der Waals surface area contributed by atoms with Crippen molar-refractivity contribution in [1.82, 2.24) is 0 Å². The summed E-state index contributed by atoms with van der Waals surface area (Å²) in [5, 5.41) is 0. The summed E-state index contributed by atoms with van der Waals surface area (Å²) in [4.78, 5) is 0. The average molecular weight is 265 g/mol. The lowest BCUT2D eigenvalue weighted by Crippen LogP contribution is -2.28. The first kappa shape index (κ1) is 16.0. The first-order chi connectivity index (χ1) is 8.98. The highest BCUT2D eigenvalue weighted by Gasteiger charge is 2.17. The molecule has 19 heavy (non-hydrogen) atoms. The van der Waals surface area contributed by atoms with E-state index in [2.05, 4.69) is 27.7 Å². The van der Waals surface area contributed by atoms with E-state index in [1.807, 2.05) is 24.3 Å². The number of nitrogens with two attached hydrogens (primary N) is 1. The fourth-order valence-electron chi connectivity index (χ4n) is 1.54. The monoisotopic (exact) mass is 265 g/mol. The molecule has 0 saturated carbocycles. The van der Waals surface area contributed by atoms with Gasteiger partial charge in [0, 0.05) is 0 Å². The Hall–Kier alpha value is -1.06. The maximum atomic E-state index is 6.14. The van der Waals surface area contributed by atoms with E-state index in [0.717, 1.165) is 30.8 Å². The lowest BCUT2D eigenvalue weighted by Gasteiger charge is -2.25. The van der Waals surface area contributed by atoms with Crippen LogP contribution < -0.4 is 10.5 Å². The predicted molar refractivity (Wildman–Crippen MR) is 79.5 cm³/mol. The normalized spacial score (nSPS) is 13.3. The Morgan fingerprint density at radius 3 is 2.32 bits per heavy atom. The fourth-order valence-corrected chi connectivity index (χ4v) is 1.54. The molecule has 0 aromatic heterocycles. The molecule has 0 aliphatic carbocycles. The standard InChI is InChI=1S/C16H27NO2/c1-5-11-18-14-9-7-13(8-10-14)15(17)12-19-16(3,4)6-2/h7-10,15H,5-6,11-12,17H2,1-4H3. The maximum Gasteiger partial charge on any atom is 0.119 e. The van der Waals surface area contributed by atoms with Crippen LogP contribution >= 0.6 is 0 Å². The smallest absolute Gasteiger partial charge is 0.119 e. The van der Waals surface area contributed by atoms with Crippen LogP contribution in [-0.2, 0) is 4.74 Å². The third-order valence-electron chi connectivity index (χ3n) is 3.29. The lowest BCUT2D eigenvalue weighted by molar-refractivity contribution is -0.0267. The second kappa shape index (κ2) is 7.51.